The molecule has 0 saturated heterocycles. The second-order valence-electron chi connectivity index (χ2n) is 4.55. The van der Waals surface area contributed by atoms with Crippen molar-refractivity contribution in [2.75, 3.05) is 10.5 Å². The van der Waals surface area contributed by atoms with Crippen LogP contribution in [0.1, 0.15) is 36.0 Å². The molecule has 1 aromatic rings. The molecule has 90 valence electrons. The van der Waals surface area contributed by atoms with Crippen LogP contribution in [0.25, 0.3) is 0 Å². The Hall–Kier alpha value is -1.75. The van der Waals surface area contributed by atoms with Gasteiger partial charge in [0, 0.05) is 5.56 Å². The van der Waals surface area contributed by atoms with Crippen LogP contribution < -0.4 is 16.3 Å². The number of rotatable bonds is 2. The molecule has 1 aliphatic heterocycles. The van der Waals surface area contributed by atoms with Gasteiger partial charge >= 0.3 is 0 Å². The maximum absolute atomic E-state index is 11.1. The smallest absolute Gasteiger partial charge is 0.248 e. The van der Waals surface area contributed by atoms with Crippen molar-refractivity contribution < 1.29 is 9.73 Å². The highest BCUT2D eigenvalue weighted by atomic mass is 16.8. The quantitative estimate of drug-likeness (QED) is 0.817. The van der Waals surface area contributed by atoms with E-state index in [0.717, 1.165) is 24.2 Å². The lowest BCUT2D eigenvalue weighted by molar-refractivity contribution is 0.100. The van der Waals surface area contributed by atoms with Crippen molar-refractivity contribution in [2.45, 2.75) is 31.7 Å². The number of primary amides is 1. The fraction of sp³-hybridized carbons (Fsp3) is 0.417. The van der Waals surface area contributed by atoms with E-state index in [9.17, 15) is 4.79 Å². The average molecular weight is 233 g/mol. The van der Waals surface area contributed by atoms with Crippen LogP contribution in [0.5, 0.6) is 0 Å². The van der Waals surface area contributed by atoms with Crippen LogP contribution in [0, 0.1) is 0 Å². The molecule has 5 nitrogen and oxygen atoms in total. The molecule has 0 unspecified atom stereocenters. The molecule has 2 aliphatic rings. The van der Waals surface area contributed by atoms with Gasteiger partial charge in [-0.1, -0.05) is 12.8 Å². The fourth-order valence-electron chi connectivity index (χ4n) is 2.52. The van der Waals surface area contributed by atoms with Crippen molar-refractivity contribution in [1.82, 2.24) is 0 Å². The van der Waals surface area contributed by atoms with E-state index < -0.39 is 5.91 Å². The number of carbonyl (C=O) groups excluding carboxylic acids is 1. The molecule has 1 saturated carbocycles. The number of hydrogen-bond donors (Lipinski definition) is 2. The van der Waals surface area contributed by atoms with Gasteiger partial charge in [0.1, 0.15) is 0 Å². The number of nitrogens with two attached hydrogens (primary N) is 1. The predicted molar refractivity (Wildman–Crippen MR) is 64.4 cm³/mol. The van der Waals surface area contributed by atoms with Gasteiger partial charge < -0.3 is 5.73 Å². The highest BCUT2D eigenvalue weighted by molar-refractivity contribution is 5.95. The van der Waals surface area contributed by atoms with Gasteiger partial charge in [0.25, 0.3) is 0 Å². The normalized spacial score (nSPS) is 19.2. The monoisotopic (exact) mass is 233 g/mol. The summed E-state index contributed by atoms with van der Waals surface area (Å²) in [6.07, 6.45) is 4.80. The summed E-state index contributed by atoms with van der Waals surface area (Å²) >= 11 is 0. The summed E-state index contributed by atoms with van der Waals surface area (Å²) in [5.74, 6) is -0.422. The van der Waals surface area contributed by atoms with Crippen molar-refractivity contribution in [3.63, 3.8) is 0 Å². The standard InChI is InChI=1S/C12H15N3O2/c13-12(16)8-5-6-11-10(7-8)14-17-15(11)9-3-1-2-4-9/h5-7,9,14H,1-4H2,(H2,13,16). The Morgan fingerprint density at radius 2 is 2.18 bits per heavy atom. The van der Waals surface area contributed by atoms with E-state index in [1.54, 1.807) is 12.1 Å². The fourth-order valence-corrected chi connectivity index (χ4v) is 2.52. The van der Waals surface area contributed by atoms with Gasteiger partial charge in [-0.25, -0.2) is 10.5 Å². The second kappa shape index (κ2) is 3.92. The number of hydroxylamine groups is 1. The number of amides is 1. The molecule has 3 N–H and O–H groups in total. The molecule has 3 rings (SSSR count). The van der Waals surface area contributed by atoms with Crippen molar-refractivity contribution in [1.29, 1.82) is 0 Å². The Kier molecular flexibility index (Phi) is 2.40. The van der Waals surface area contributed by atoms with E-state index >= 15 is 0 Å². The van der Waals surface area contributed by atoms with E-state index in [4.69, 9.17) is 10.7 Å². The minimum Gasteiger partial charge on any atom is -0.366 e. The Balaban J connectivity index is 1.89. The summed E-state index contributed by atoms with van der Waals surface area (Å²) in [7, 11) is 0. The molecule has 1 amide bonds. The molecule has 0 radical (unpaired) electrons. The third-order valence-electron chi connectivity index (χ3n) is 3.43. The molecule has 5 heteroatoms. The summed E-state index contributed by atoms with van der Waals surface area (Å²) < 4.78 is 0. The van der Waals surface area contributed by atoms with Crippen molar-refractivity contribution in [3.05, 3.63) is 23.8 Å². The van der Waals surface area contributed by atoms with Crippen LogP contribution in [0.2, 0.25) is 0 Å². The number of carbonyl (C=O) groups is 1. The zero-order valence-electron chi connectivity index (χ0n) is 9.48. The first-order chi connectivity index (χ1) is 8.25. The van der Waals surface area contributed by atoms with E-state index in [-0.39, 0.29) is 0 Å². The Morgan fingerprint density at radius 1 is 1.41 bits per heavy atom. The molecule has 17 heavy (non-hydrogen) atoms. The van der Waals surface area contributed by atoms with Gasteiger partial charge in [-0.15, -0.1) is 0 Å². The molecular weight excluding hydrogens is 218 g/mol. The largest absolute Gasteiger partial charge is 0.366 e. The molecule has 0 atom stereocenters. The maximum atomic E-state index is 11.1. The Labute approximate surface area is 99.4 Å². The summed E-state index contributed by atoms with van der Waals surface area (Å²) in [6.45, 7) is 0. The third kappa shape index (κ3) is 1.72. The van der Waals surface area contributed by atoms with E-state index in [1.165, 1.54) is 12.8 Å². The lowest BCUT2D eigenvalue weighted by Crippen LogP contribution is -2.30. The predicted octanol–water partition coefficient (Wildman–Crippen LogP) is 1.81. The van der Waals surface area contributed by atoms with Crippen LogP contribution in [-0.2, 0) is 4.94 Å². The summed E-state index contributed by atoms with van der Waals surface area (Å²) in [5.41, 5.74) is 10.4. The molecule has 0 bridgehead atoms. The van der Waals surface area contributed by atoms with Crippen LogP contribution in [0.15, 0.2) is 18.2 Å². The number of fused-ring (bicyclic) bond motifs is 1. The molecule has 1 aliphatic carbocycles. The molecule has 1 fully saturated rings. The number of anilines is 2. The summed E-state index contributed by atoms with van der Waals surface area (Å²) in [6, 6.07) is 5.78. The van der Waals surface area contributed by atoms with Crippen molar-refractivity contribution in [2.24, 2.45) is 5.73 Å². The van der Waals surface area contributed by atoms with Crippen LogP contribution >= 0.6 is 0 Å². The highest BCUT2D eigenvalue weighted by Gasteiger charge is 2.30. The minimum absolute atomic E-state index is 0.422. The van der Waals surface area contributed by atoms with Crippen LogP contribution in [-0.4, -0.2) is 11.9 Å². The first-order valence-corrected chi connectivity index (χ1v) is 5.92. The zero-order chi connectivity index (χ0) is 11.8. The van der Waals surface area contributed by atoms with Gasteiger partial charge in [-0.2, -0.15) is 4.94 Å². The second-order valence-corrected chi connectivity index (χ2v) is 4.55. The van der Waals surface area contributed by atoms with Gasteiger partial charge in [0.05, 0.1) is 17.4 Å². The number of nitrogens with zero attached hydrogens (tertiary/aromatic N) is 1. The first-order valence-electron chi connectivity index (χ1n) is 5.92. The number of benzene rings is 1. The molecule has 0 spiro atoms. The number of hydrogen-bond acceptors (Lipinski definition) is 4. The molecule has 0 aromatic heterocycles. The summed E-state index contributed by atoms with van der Waals surface area (Å²) in [5, 5.41) is 1.91. The molecular formula is C12H15N3O2. The van der Waals surface area contributed by atoms with Gasteiger partial charge in [0.15, 0.2) is 0 Å². The van der Waals surface area contributed by atoms with Gasteiger partial charge in [-0.3, -0.25) is 4.79 Å². The molecule has 1 heterocycles. The Bertz CT molecular complexity index is 455. The van der Waals surface area contributed by atoms with Crippen molar-refractivity contribution >= 4 is 17.3 Å². The molecule has 1 aromatic carbocycles. The first kappa shape index (κ1) is 10.4. The van der Waals surface area contributed by atoms with E-state index in [1.807, 2.05) is 11.1 Å². The average Bonchev–Trinajstić information content (AvgIpc) is 2.96. The summed E-state index contributed by atoms with van der Waals surface area (Å²) in [4.78, 5) is 16.6. The minimum atomic E-state index is -0.422. The Morgan fingerprint density at radius 3 is 2.88 bits per heavy atom. The SMILES string of the molecule is NC(=O)c1ccc2c(c1)NON2C1CCCC1. The highest BCUT2D eigenvalue weighted by Crippen LogP contribution is 2.37. The van der Waals surface area contributed by atoms with Crippen LogP contribution in [0.3, 0.4) is 0 Å². The lowest BCUT2D eigenvalue weighted by atomic mass is 10.1. The van der Waals surface area contributed by atoms with Gasteiger partial charge in [0.2, 0.25) is 5.91 Å². The topological polar surface area (TPSA) is 67.6 Å². The van der Waals surface area contributed by atoms with Gasteiger partial charge in [-0.05, 0) is 31.0 Å². The van der Waals surface area contributed by atoms with E-state index in [0.29, 0.717) is 11.6 Å². The van der Waals surface area contributed by atoms with Crippen molar-refractivity contribution in [3.8, 4) is 0 Å². The number of nitrogens with one attached hydrogen (secondary N) is 1. The zero-order valence-corrected chi connectivity index (χ0v) is 9.48. The van der Waals surface area contributed by atoms with E-state index in [2.05, 4.69) is 5.48 Å². The van der Waals surface area contributed by atoms with Crippen LogP contribution in [0.4, 0.5) is 11.4 Å². The lowest BCUT2D eigenvalue weighted by Gasteiger charge is -2.22. The maximum Gasteiger partial charge on any atom is 0.248 e. The third-order valence-corrected chi connectivity index (χ3v) is 3.43.